The second-order valence-corrected chi connectivity index (χ2v) is 8.78. The van der Waals surface area contributed by atoms with Crippen LogP contribution >= 0.6 is 11.6 Å². The average molecular weight is 379 g/mol. The summed E-state index contributed by atoms with van der Waals surface area (Å²) < 4.78 is 30.2. The molecule has 132 valence electrons. The number of carbonyl (C=O) groups is 1. The molecule has 0 N–H and O–H groups in total. The Morgan fingerprint density at radius 1 is 1.12 bits per heavy atom. The summed E-state index contributed by atoms with van der Waals surface area (Å²) in [6.07, 6.45) is 2.78. The van der Waals surface area contributed by atoms with Gasteiger partial charge in [-0.25, -0.2) is 8.42 Å². The van der Waals surface area contributed by atoms with Crippen molar-refractivity contribution in [2.24, 2.45) is 0 Å². The van der Waals surface area contributed by atoms with Gasteiger partial charge in [0.25, 0.3) is 0 Å². The standard InChI is InChI=1S/C19H19ClO4S/c1-13-11-16(20)6-8-18(13)24-19(21)9-10-25(22,23)17-7-5-14-3-2-4-15(14)12-17/h5-8,11-12H,2-4,9-10H2,1H3. The van der Waals surface area contributed by atoms with Gasteiger partial charge in [-0.2, -0.15) is 0 Å². The van der Waals surface area contributed by atoms with E-state index in [1.807, 2.05) is 6.07 Å². The van der Waals surface area contributed by atoms with E-state index in [0.29, 0.717) is 10.8 Å². The quantitative estimate of drug-likeness (QED) is 0.584. The number of carbonyl (C=O) groups excluding carboxylic acids is 1. The van der Waals surface area contributed by atoms with Crippen LogP contribution in [0.2, 0.25) is 5.02 Å². The normalized spacial score (nSPS) is 13.5. The Hall–Kier alpha value is -1.85. The van der Waals surface area contributed by atoms with E-state index in [1.54, 1.807) is 37.3 Å². The number of esters is 1. The summed E-state index contributed by atoms with van der Waals surface area (Å²) >= 11 is 5.86. The molecule has 0 amide bonds. The molecule has 0 unspecified atom stereocenters. The van der Waals surface area contributed by atoms with Crippen molar-refractivity contribution in [3.8, 4) is 5.75 Å². The molecule has 1 aliphatic rings. The summed E-state index contributed by atoms with van der Waals surface area (Å²) in [4.78, 5) is 12.3. The number of ether oxygens (including phenoxy) is 1. The molecule has 3 rings (SSSR count). The summed E-state index contributed by atoms with van der Waals surface area (Å²) in [6.45, 7) is 1.77. The van der Waals surface area contributed by atoms with E-state index in [2.05, 4.69) is 0 Å². The Morgan fingerprint density at radius 3 is 2.64 bits per heavy atom. The van der Waals surface area contributed by atoms with Gasteiger partial charge in [-0.05, 0) is 73.2 Å². The third kappa shape index (κ3) is 4.22. The van der Waals surface area contributed by atoms with E-state index >= 15 is 0 Å². The van der Waals surface area contributed by atoms with Gasteiger partial charge in [-0.15, -0.1) is 0 Å². The largest absolute Gasteiger partial charge is 0.426 e. The molecule has 0 aliphatic heterocycles. The molecule has 0 heterocycles. The molecular formula is C19H19ClO4S. The van der Waals surface area contributed by atoms with Crippen LogP contribution in [0.25, 0.3) is 0 Å². The zero-order chi connectivity index (χ0) is 18.0. The zero-order valence-electron chi connectivity index (χ0n) is 13.9. The fourth-order valence-electron chi connectivity index (χ4n) is 2.98. The van der Waals surface area contributed by atoms with Gasteiger partial charge in [0, 0.05) is 5.02 Å². The molecule has 2 aromatic rings. The number of halogens is 1. The van der Waals surface area contributed by atoms with E-state index in [0.717, 1.165) is 30.4 Å². The molecule has 0 bridgehead atoms. The van der Waals surface area contributed by atoms with Crippen LogP contribution in [0.5, 0.6) is 5.75 Å². The van der Waals surface area contributed by atoms with Crippen LogP contribution in [0.15, 0.2) is 41.3 Å². The first-order chi connectivity index (χ1) is 11.8. The molecular weight excluding hydrogens is 360 g/mol. The minimum absolute atomic E-state index is 0.193. The Bertz CT molecular complexity index is 919. The molecule has 0 saturated heterocycles. The lowest BCUT2D eigenvalue weighted by atomic mass is 10.1. The van der Waals surface area contributed by atoms with Gasteiger partial charge in [0.15, 0.2) is 9.84 Å². The van der Waals surface area contributed by atoms with E-state index in [9.17, 15) is 13.2 Å². The lowest BCUT2D eigenvalue weighted by Crippen LogP contribution is -2.16. The maximum Gasteiger partial charge on any atom is 0.312 e. The highest BCUT2D eigenvalue weighted by molar-refractivity contribution is 7.91. The SMILES string of the molecule is Cc1cc(Cl)ccc1OC(=O)CCS(=O)(=O)c1ccc2c(c1)CCC2. The van der Waals surface area contributed by atoms with Crippen molar-refractivity contribution in [3.63, 3.8) is 0 Å². The average Bonchev–Trinajstić information content (AvgIpc) is 3.03. The van der Waals surface area contributed by atoms with E-state index in [4.69, 9.17) is 16.3 Å². The first-order valence-corrected chi connectivity index (χ1v) is 10.2. The van der Waals surface area contributed by atoms with E-state index in [-0.39, 0.29) is 17.1 Å². The summed E-state index contributed by atoms with van der Waals surface area (Å²) in [7, 11) is -3.51. The van der Waals surface area contributed by atoms with E-state index < -0.39 is 15.8 Å². The molecule has 0 atom stereocenters. The predicted molar refractivity (Wildman–Crippen MR) is 97.0 cm³/mol. The fraction of sp³-hybridized carbons (Fsp3) is 0.316. The predicted octanol–water partition coefficient (Wildman–Crippen LogP) is 3.91. The lowest BCUT2D eigenvalue weighted by Gasteiger charge is -2.09. The van der Waals surface area contributed by atoms with Crippen molar-refractivity contribution in [2.75, 3.05) is 5.75 Å². The maximum atomic E-state index is 12.5. The van der Waals surface area contributed by atoms with Crippen molar-refractivity contribution in [2.45, 2.75) is 37.5 Å². The van der Waals surface area contributed by atoms with Crippen LogP contribution in [0.3, 0.4) is 0 Å². The second kappa shape index (κ2) is 7.18. The minimum atomic E-state index is -3.51. The van der Waals surface area contributed by atoms with Crippen LogP contribution in [-0.2, 0) is 27.5 Å². The molecule has 0 spiro atoms. The van der Waals surface area contributed by atoms with Crippen molar-refractivity contribution in [1.82, 2.24) is 0 Å². The van der Waals surface area contributed by atoms with Crippen LogP contribution in [-0.4, -0.2) is 20.1 Å². The monoisotopic (exact) mass is 378 g/mol. The zero-order valence-corrected chi connectivity index (χ0v) is 15.5. The molecule has 0 aromatic heterocycles. The Kier molecular flexibility index (Phi) is 5.16. The van der Waals surface area contributed by atoms with Gasteiger partial charge in [0.05, 0.1) is 17.1 Å². The smallest absolute Gasteiger partial charge is 0.312 e. The Balaban J connectivity index is 1.64. The Labute approximate surface area is 152 Å². The highest BCUT2D eigenvalue weighted by Gasteiger charge is 2.20. The molecule has 0 fully saturated rings. The van der Waals surface area contributed by atoms with Gasteiger partial charge in [-0.3, -0.25) is 4.79 Å². The summed E-state index contributed by atoms with van der Waals surface area (Å²) in [5.41, 5.74) is 3.04. The number of benzene rings is 2. The molecule has 2 aromatic carbocycles. The molecule has 1 aliphatic carbocycles. The molecule has 4 nitrogen and oxygen atoms in total. The Morgan fingerprint density at radius 2 is 1.88 bits per heavy atom. The van der Waals surface area contributed by atoms with Gasteiger partial charge < -0.3 is 4.74 Å². The number of sulfone groups is 1. The van der Waals surface area contributed by atoms with Gasteiger partial charge in [-0.1, -0.05) is 17.7 Å². The number of aryl methyl sites for hydroxylation is 3. The number of hydrogen-bond donors (Lipinski definition) is 0. The molecule has 0 saturated carbocycles. The third-order valence-corrected chi connectivity index (χ3v) is 6.31. The van der Waals surface area contributed by atoms with Crippen molar-refractivity contribution >= 4 is 27.4 Å². The topological polar surface area (TPSA) is 60.4 Å². The number of hydrogen-bond acceptors (Lipinski definition) is 4. The van der Waals surface area contributed by atoms with Crippen LogP contribution in [0, 0.1) is 6.92 Å². The third-order valence-electron chi connectivity index (χ3n) is 4.36. The maximum absolute atomic E-state index is 12.5. The van der Waals surface area contributed by atoms with Crippen LogP contribution < -0.4 is 4.74 Å². The van der Waals surface area contributed by atoms with Gasteiger partial charge in [0.2, 0.25) is 0 Å². The highest BCUT2D eigenvalue weighted by Crippen LogP contribution is 2.26. The first kappa shape index (κ1) is 18.0. The first-order valence-electron chi connectivity index (χ1n) is 8.16. The van der Waals surface area contributed by atoms with Crippen molar-refractivity contribution in [1.29, 1.82) is 0 Å². The summed E-state index contributed by atoms with van der Waals surface area (Å²) in [5.74, 6) is -0.448. The van der Waals surface area contributed by atoms with Crippen molar-refractivity contribution < 1.29 is 17.9 Å². The van der Waals surface area contributed by atoms with E-state index in [1.165, 1.54) is 5.56 Å². The summed E-state index contributed by atoms with van der Waals surface area (Å²) in [5, 5.41) is 0.552. The molecule has 25 heavy (non-hydrogen) atoms. The number of rotatable bonds is 5. The minimum Gasteiger partial charge on any atom is -0.426 e. The summed E-state index contributed by atoms with van der Waals surface area (Å²) in [6, 6.07) is 10.2. The van der Waals surface area contributed by atoms with Gasteiger partial charge >= 0.3 is 5.97 Å². The molecule has 0 radical (unpaired) electrons. The van der Waals surface area contributed by atoms with Crippen LogP contribution in [0.1, 0.15) is 29.5 Å². The van der Waals surface area contributed by atoms with Gasteiger partial charge in [0.1, 0.15) is 5.75 Å². The number of fused-ring (bicyclic) bond motifs is 1. The lowest BCUT2D eigenvalue weighted by molar-refractivity contribution is -0.133. The van der Waals surface area contributed by atoms with Crippen molar-refractivity contribution in [3.05, 3.63) is 58.1 Å². The molecule has 6 heteroatoms. The second-order valence-electron chi connectivity index (χ2n) is 6.24. The fourth-order valence-corrected chi connectivity index (χ4v) is 4.47. The van der Waals surface area contributed by atoms with Crippen LogP contribution in [0.4, 0.5) is 0 Å². The highest BCUT2D eigenvalue weighted by atomic mass is 35.5.